The van der Waals surface area contributed by atoms with Crippen LogP contribution < -0.4 is 9.04 Å². The molecule has 5 nitrogen and oxygen atoms in total. The molecule has 0 bridgehead atoms. The van der Waals surface area contributed by atoms with Crippen LogP contribution in [-0.4, -0.2) is 27.1 Å². The number of pyridine rings is 1. The highest BCUT2D eigenvalue weighted by atomic mass is 32.2. The Morgan fingerprint density at radius 2 is 2.05 bits per heavy atom. The Labute approximate surface area is 126 Å². The lowest BCUT2D eigenvalue weighted by molar-refractivity contribution is 0.356. The zero-order valence-corrected chi connectivity index (χ0v) is 12.4. The summed E-state index contributed by atoms with van der Waals surface area (Å²) in [6.07, 6.45) is 1.38. The van der Waals surface area contributed by atoms with Crippen LogP contribution in [-0.2, 0) is 16.4 Å². The molecule has 2 heterocycles. The highest BCUT2D eigenvalue weighted by Crippen LogP contribution is 2.30. The summed E-state index contributed by atoms with van der Waals surface area (Å²) in [5.74, 6) is -1.73. The third-order valence-electron chi connectivity index (χ3n) is 3.41. The maximum atomic E-state index is 13.7. The minimum absolute atomic E-state index is 0.00442. The van der Waals surface area contributed by atoms with Crippen molar-refractivity contribution in [2.45, 2.75) is 11.3 Å². The summed E-state index contributed by atoms with van der Waals surface area (Å²) in [4.78, 5) is 3.52. The van der Waals surface area contributed by atoms with Gasteiger partial charge in [-0.15, -0.1) is 0 Å². The number of fused-ring (bicyclic) bond motifs is 1. The van der Waals surface area contributed by atoms with Gasteiger partial charge in [-0.05, 0) is 23.8 Å². The molecule has 8 heteroatoms. The molecule has 116 valence electrons. The predicted molar refractivity (Wildman–Crippen MR) is 75.4 cm³/mol. The molecule has 0 radical (unpaired) electrons. The second-order valence-corrected chi connectivity index (χ2v) is 6.77. The summed E-state index contributed by atoms with van der Waals surface area (Å²) in [6, 6.07) is 5.04. The van der Waals surface area contributed by atoms with E-state index in [1.165, 1.54) is 19.2 Å². The van der Waals surface area contributed by atoms with E-state index in [4.69, 9.17) is 4.74 Å². The van der Waals surface area contributed by atoms with Gasteiger partial charge in [-0.25, -0.2) is 22.2 Å². The minimum atomic E-state index is -4.00. The normalized spacial score (nSPS) is 13.6. The first-order valence-electron chi connectivity index (χ1n) is 6.45. The van der Waals surface area contributed by atoms with Crippen molar-refractivity contribution in [1.29, 1.82) is 0 Å². The van der Waals surface area contributed by atoms with Crippen LogP contribution in [0.1, 0.15) is 5.56 Å². The molecule has 22 heavy (non-hydrogen) atoms. The lowest BCUT2D eigenvalue weighted by Crippen LogP contribution is -2.28. The second kappa shape index (κ2) is 5.20. The number of halogens is 2. The van der Waals surface area contributed by atoms with Crippen LogP contribution in [0.4, 0.5) is 14.6 Å². The second-order valence-electron chi connectivity index (χ2n) is 4.80. The van der Waals surface area contributed by atoms with Gasteiger partial charge in [-0.2, -0.15) is 0 Å². The number of anilines is 1. The number of benzene rings is 1. The van der Waals surface area contributed by atoms with Crippen molar-refractivity contribution in [3.63, 3.8) is 0 Å². The number of rotatable bonds is 3. The average Bonchev–Trinajstić information content (AvgIpc) is 2.94. The van der Waals surface area contributed by atoms with E-state index >= 15 is 0 Å². The summed E-state index contributed by atoms with van der Waals surface area (Å²) < 4.78 is 57.8. The van der Waals surface area contributed by atoms with Crippen molar-refractivity contribution in [2.24, 2.45) is 0 Å². The predicted octanol–water partition coefficient (Wildman–Crippen LogP) is 2.12. The molecule has 0 fully saturated rings. The van der Waals surface area contributed by atoms with Gasteiger partial charge in [-0.1, -0.05) is 0 Å². The molecule has 0 atom stereocenters. The van der Waals surface area contributed by atoms with Crippen LogP contribution in [0.25, 0.3) is 0 Å². The summed E-state index contributed by atoms with van der Waals surface area (Å²) in [5, 5.41) is 0. The van der Waals surface area contributed by atoms with E-state index in [0.29, 0.717) is 29.1 Å². The van der Waals surface area contributed by atoms with Gasteiger partial charge in [0.2, 0.25) is 0 Å². The third-order valence-corrected chi connectivity index (χ3v) is 5.15. The van der Waals surface area contributed by atoms with Crippen LogP contribution in [0, 0.1) is 11.6 Å². The lowest BCUT2D eigenvalue weighted by atomic mass is 10.2. The standard InChI is InChI=1S/C14H12F2N2O3S/c1-18(14-12(16)7-10(15)8-17-14)22(19,20)11-2-3-13-9(6-11)4-5-21-13/h2-3,6-8H,4-5H2,1H3. The van der Waals surface area contributed by atoms with Gasteiger partial charge in [-0.3, -0.25) is 4.31 Å². The molecule has 3 rings (SSSR count). The number of sulfonamides is 1. The van der Waals surface area contributed by atoms with E-state index in [1.807, 2.05) is 0 Å². The van der Waals surface area contributed by atoms with Crippen LogP contribution >= 0.6 is 0 Å². The Morgan fingerprint density at radius 1 is 1.27 bits per heavy atom. The van der Waals surface area contributed by atoms with Crippen molar-refractivity contribution in [3.8, 4) is 5.75 Å². The van der Waals surface area contributed by atoms with Gasteiger partial charge in [0.05, 0.1) is 17.7 Å². The molecule has 0 saturated carbocycles. The molecule has 0 N–H and O–H groups in total. The fraction of sp³-hybridized carbons (Fsp3) is 0.214. The van der Waals surface area contributed by atoms with Crippen LogP contribution in [0.15, 0.2) is 35.4 Å². The Bertz CT molecular complexity index is 840. The fourth-order valence-corrected chi connectivity index (χ4v) is 3.44. The SMILES string of the molecule is CN(c1ncc(F)cc1F)S(=O)(=O)c1ccc2c(c1)CCO2. The first-order chi connectivity index (χ1) is 10.4. The molecule has 0 amide bonds. The zero-order chi connectivity index (χ0) is 15.9. The summed E-state index contributed by atoms with van der Waals surface area (Å²) >= 11 is 0. The number of hydrogen-bond acceptors (Lipinski definition) is 4. The molecule has 0 spiro atoms. The van der Waals surface area contributed by atoms with Crippen molar-refractivity contribution in [2.75, 3.05) is 18.0 Å². The average molecular weight is 326 g/mol. The molecule has 0 aliphatic carbocycles. The Kier molecular flexibility index (Phi) is 3.48. The maximum Gasteiger partial charge on any atom is 0.265 e. The summed E-state index contributed by atoms with van der Waals surface area (Å²) in [6.45, 7) is 0.503. The molecule has 0 saturated heterocycles. The molecule has 2 aromatic rings. The van der Waals surface area contributed by atoms with E-state index in [-0.39, 0.29) is 4.90 Å². The smallest absolute Gasteiger partial charge is 0.265 e. The summed E-state index contributed by atoms with van der Waals surface area (Å²) in [7, 11) is -2.83. The van der Waals surface area contributed by atoms with Crippen molar-refractivity contribution in [3.05, 3.63) is 47.7 Å². The molecule has 1 aliphatic heterocycles. The molecular weight excluding hydrogens is 314 g/mol. The highest BCUT2D eigenvalue weighted by molar-refractivity contribution is 7.92. The first-order valence-corrected chi connectivity index (χ1v) is 7.89. The number of hydrogen-bond donors (Lipinski definition) is 0. The molecule has 0 unspecified atom stereocenters. The molecule has 1 aromatic heterocycles. The quantitative estimate of drug-likeness (QED) is 0.867. The number of nitrogens with zero attached hydrogens (tertiary/aromatic N) is 2. The first kappa shape index (κ1) is 14.7. The van der Waals surface area contributed by atoms with Gasteiger partial charge >= 0.3 is 0 Å². The van der Waals surface area contributed by atoms with Gasteiger partial charge in [0.25, 0.3) is 10.0 Å². The van der Waals surface area contributed by atoms with Gasteiger partial charge < -0.3 is 4.74 Å². The van der Waals surface area contributed by atoms with E-state index in [1.54, 1.807) is 6.07 Å². The third kappa shape index (κ3) is 2.39. The lowest BCUT2D eigenvalue weighted by Gasteiger charge is -2.19. The largest absolute Gasteiger partial charge is 0.493 e. The Hall–Kier alpha value is -2.22. The fourth-order valence-electron chi connectivity index (χ4n) is 2.23. The van der Waals surface area contributed by atoms with Gasteiger partial charge in [0, 0.05) is 19.5 Å². The van der Waals surface area contributed by atoms with E-state index in [9.17, 15) is 17.2 Å². The molecular formula is C14H12F2N2O3S. The molecule has 1 aromatic carbocycles. The zero-order valence-electron chi connectivity index (χ0n) is 11.6. The van der Waals surface area contributed by atoms with Crippen LogP contribution in [0.5, 0.6) is 5.75 Å². The van der Waals surface area contributed by atoms with E-state index in [2.05, 4.69) is 4.98 Å². The Morgan fingerprint density at radius 3 is 2.77 bits per heavy atom. The van der Waals surface area contributed by atoms with Gasteiger partial charge in [0.1, 0.15) is 11.6 Å². The maximum absolute atomic E-state index is 13.7. The Balaban J connectivity index is 2.02. The number of ether oxygens (including phenoxy) is 1. The highest BCUT2D eigenvalue weighted by Gasteiger charge is 2.26. The van der Waals surface area contributed by atoms with Crippen molar-refractivity contribution < 1.29 is 21.9 Å². The van der Waals surface area contributed by atoms with E-state index in [0.717, 1.165) is 11.8 Å². The van der Waals surface area contributed by atoms with Crippen LogP contribution in [0.3, 0.4) is 0 Å². The summed E-state index contributed by atoms with van der Waals surface area (Å²) in [5.41, 5.74) is 0.780. The minimum Gasteiger partial charge on any atom is -0.493 e. The van der Waals surface area contributed by atoms with Crippen LogP contribution in [0.2, 0.25) is 0 Å². The van der Waals surface area contributed by atoms with Crippen molar-refractivity contribution in [1.82, 2.24) is 4.98 Å². The van der Waals surface area contributed by atoms with Crippen molar-refractivity contribution >= 4 is 15.8 Å². The monoisotopic (exact) mass is 326 g/mol. The topological polar surface area (TPSA) is 59.5 Å². The molecule has 1 aliphatic rings. The number of aromatic nitrogens is 1. The van der Waals surface area contributed by atoms with Gasteiger partial charge in [0.15, 0.2) is 11.6 Å². The van der Waals surface area contributed by atoms with E-state index < -0.39 is 27.5 Å².